The molecule has 0 saturated carbocycles. The van der Waals surface area contributed by atoms with Gasteiger partial charge in [-0.2, -0.15) is 0 Å². The van der Waals surface area contributed by atoms with Crippen molar-refractivity contribution < 1.29 is 4.42 Å². The molecule has 1 N–H and O–H groups in total. The molecule has 0 amide bonds. The van der Waals surface area contributed by atoms with Gasteiger partial charge in [0.2, 0.25) is 5.89 Å². The van der Waals surface area contributed by atoms with Gasteiger partial charge in [-0.3, -0.25) is 0 Å². The predicted molar refractivity (Wildman–Crippen MR) is 115 cm³/mol. The number of rotatable bonds is 6. The summed E-state index contributed by atoms with van der Waals surface area (Å²) in [6.45, 7) is 0. The summed E-state index contributed by atoms with van der Waals surface area (Å²) in [7, 11) is 0. The molecular formula is C19H13N3OS4. The number of hydrogen-bond donors (Lipinski definition) is 1. The topological polar surface area (TPSA) is 54.7 Å². The number of oxazole rings is 1. The summed E-state index contributed by atoms with van der Waals surface area (Å²) >= 11 is 6.68. The first kappa shape index (κ1) is 17.0. The molecule has 0 aliphatic carbocycles. The number of H-pyrrole nitrogens is 1. The van der Waals surface area contributed by atoms with Gasteiger partial charge >= 0.3 is 0 Å². The zero-order chi connectivity index (χ0) is 18.1. The molecule has 5 rings (SSSR count). The molecular weight excluding hydrogens is 414 g/mol. The van der Waals surface area contributed by atoms with Crippen LogP contribution in [0.2, 0.25) is 0 Å². The second-order valence-corrected chi connectivity index (χ2v) is 9.44. The monoisotopic (exact) mass is 427 g/mol. The first-order valence-corrected chi connectivity index (χ1v) is 11.8. The van der Waals surface area contributed by atoms with Crippen molar-refractivity contribution in [3.8, 4) is 31.9 Å². The summed E-state index contributed by atoms with van der Waals surface area (Å²) in [4.78, 5) is 16.3. The van der Waals surface area contributed by atoms with Crippen LogP contribution in [0.3, 0.4) is 0 Å². The summed E-state index contributed by atoms with van der Waals surface area (Å²) < 4.78 is 5.60. The highest BCUT2D eigenvalue weighted by Crippen LogP contribution is 2.37. The summed E-state index contributed by atoms with van der Waals surface area (Å²) in [5, 5.41) is 7.08. The second-order valence-electron chi connectivity index (χ2n) is 5.63. The van der Waals surface area contributed by atoms with Crippen LogP contribution in [-0.4, -0.2) is 15.0 Å². The number of hydrogen-bond acceptors (Lipinski definition) is 7. The molecule has 0 saturated heterocycles. The second kappa shape index (κ2) is 7.47. The van der Waals surface area contributed by atoms with Gasteiger partial charge in [-0.25, -0.2) is 9.97 Å². The van der Waals surface area contributed by atoms with E-state index in [0.717, 1.165) is 27.1 Å². The third-order valence-electron chi connectivity index (χ3n) is 3.84. The van der Waals surface area contributed by atoms with Crippen LogP contribution < -0.4 is 0 Å². The lowest BCUT2D eigenvalue weighted by Crippen LogP contribution is -1.82. The Bertz CT molecular complexity index is 1070. The maximum Gasteiger partial charge on any atom is 0.236 e. The van der Waals surface area contributed by atoms with Gasteiger partial charge in [0, 0.05) is 5.75 Å². The van der Waals surface area contributed by atoms with Crippen LogP contribution in [0.5, 0.6) is 0 Å². The standard InChI is InChI=1S/C19H13N3OS4/c1-4-13(24-7-1)16-17(14-5-2-8-25-14)22-19(21-16)27-11-12-10-23-18(20-12)15-6-3-9-26-15/h1-10H,11H2,(H,21,22). The molecule has 0 radical (unpaired) electrons. The fraction of sp³-hybridized carbons (Fsp3) is 0.0526. The smallest absolute Gasteiger partial charge is 0.236 e. The van der Waals surface area contributed by atoms with Crippen molar-refractivity contribution >= 4 is 45.8 Å². The van der Waals surface area contributed by atoms with Crippen LogP contribution in [0.1, 0.15) is 5.69 Å². The Morgan fingerprint density at radius 2 is 1.59 bits per heavy atom. The molecule has 8 heteroatoms. The van der Waals surface area contributed by atoms with Crippen molar-refractivity contribution in [3.05, 3.63) is 64.5 Å². The van der Waals surface area contributed by atoms with Crippen molar-refractivity contribution in [2.45, 2.75) is 10.9 Å². The van der Waals surface area contributed by atoms with E-state index in [1.54, 1.807) is 52.0 Å². The molecule has 0 aliphatic heterocycles. The SMILES string of the molecule is c1csc(-c2nc(CSc3nc(-c4cccs4)c(-c4cccs4)[nH]3)co2)c1. The number of nitrogens with zero attached hydrogens (tertiary/aromatic N) is 2. The van der Waals surface area contributed by atoms with Gasteiger partial charge in [0.1, 0.15) is 12.0 Å². The van der Waals surface area contributed by atoms with E-state index in [1.165, 1.54) is 9.75 Å². The lowest BCUT2D eigenvalue weighted by Gasteiger charge is -1.96. The number of nitrogens with one attached hydrogen (secondary N) is 1. The predicted octanol–water partition coefficient (Wildman–Crippen LogP) is 6.88. The fourth-order valence-corrected chi connectivity index (χ4v) is 5.49. The van der Waals surface area contributed by atoms with E-state index in [9.17, 15) is 0 Å². The van der Waals surface area contributed by atoms with Crippen molar-refractivity contribution in [1.82, 2.24) is 15.0 Å². The lowest BCUT2D eigenvalue weighted by atomic mass is 10.2. The molecule has 5 aromatic heterocycles. The molecule has 0 aliphatic rings. The highest BCUT2D eigenvalue weighted by molar-refractivity contribution is 7.98. The summed E-state index contributed by atoms with van der Waals surface area (Å²) in [6.07, 6.45) is 1.73. The maximum atomic E-state index is 5.60. The molecule has 134 valence electrons. The minimum absolute atomic E-state index is 0.679. The van der Waals surface area contributed by atoms with Gasteiger partial charge in [0.15, 0.2) is 5.16 Å². The van der Waals surface area contributed by atoms with Crippen LogP contribution in [0, 0.1) is 0 Å². The Labute approximate surface area is 172 Å². The van der Waals surface area contributed by atoms with E-state index in [-0.39, 0.29) is 0 Å². The summed E-state index contributed by atoms with van der Waals surface area (Å²) in [5.41, 5.74) is 3.00. The first-order chi connectivity index (χ1) is 13.4. The van der Waals surface area contributed by atoms with Gasteiger partial charge in [-0.05, 0) is 34.3 Å². The van der Waals surface area contributed by atoms with Crippen molar-refractivity contribution in [3.63, 3.8) is 0 Å². The van der Waals surface area contributed by atoms with Gasteiger partial charge in [-0.1, -0.05) is 30.0 Å². The van der Waals surface area contributed by atoms with Crippen LogP contribution in [0.15, 0.2) is 68.4 Å². The number of imidazole rings is 1. The van der Waals surface area contributed by atoms with Crippen LogP contribution >= 0.6 is 45.8 Å². The Hall–Kier alpha value is -2.13. The van der Waals surface area contributed by atoms with E-state index in [0.29, 0.717) is 11.6 Å². The number of thioether (sulfide) groups is 1. The van der Waals surface area contributed by atoms with E-state index in [1.807, 2.05) is 17.5 Å². The minimum Gasteiger partial charge on any atom is -0.444 e. The molecule has 5 heterocycles. The number of aromatic amines is 1. The molecule has 5 aromatic rings. The Morgan fingerprint density at radius 3 is 2.30 bits per heavy atom. The highest BCUT2D eigenvalue weighted by atomic mass is 32.2. The average Bonchev–Trinajstić information content (AvgIpc) is 3.51. The summed E-state index contributed by atoms with van der Waals surface area (Å²) in [6, 6.07) is 12.4. The minimum atomic E-state index is 0.679. The molecule has 27 heavy (non-hydrogen) atoms. The van der Waals surface area contributed by atoms with Gasteiger partial charge in [-0.15, -0.1) is 34.0 Å². The lowest BCUT2D eigenvalue weighted by molar-refractivity contribution is 0.575. The van der Waals surface area contributed by atoms with E-state index < -0.39 is 0 Å². The number of thiophene rings is 3. The van der Waals surface area contributed by atoms with Crippen molar-refractivity contribution in [2.75, 3.05) is 0 Å². The maximum absolute atomic E-state index is 5.60. The molecule has 0 bridgehead atoms. The third kappa shape index (κ3) is 3.53. The summed E-state index contributed by atoms with van der Waals surface area (Å²) in [5.74, 6) is 1.38. The average molecular weight is 428 g/mol. The largest absolute Gasteiger partial charge is 0.444 e. The first-order valence-electron chi connectivity index (χ1n) is 8.15. The Morgan fingerprint density at radius 1 is 0.889 bits per heavy atom. The zero-order valence-corrected chi connectivity index (χ0v) is 17.2. The van der Waals surface area contributed by atoms with Crippen molar-refractivity contribution in [1.29, 1.82) is 0 Å². The number of aromatic nitrogens is 3. The molecule has 0 atom stereocenters. The van der Waals surface area contributed by atoms with Gasteiger partial charge in [0.25, 0.3) is 0 Å². The van der Waals surface area contributed by atoms with E-state index in [2.05, 4.69) is 45.0 Å². The Balaban J connectivity index is 1.39. The van der Waals surface area contributed by atoms with Crippen LogP contribution in [0.4, 0.5) is 0 Å². The van der Waals surface area contributed by atoms with E-state index >= 15 is 0 Å². The molecule has 0 spiro atoms. The van der Waals surface area contributed by atoms with Crippen molar-refractivity contribution in [2.24, 2.45) is 0 Å². The normalized spacial score (nSPS) is 11.3. The molecule has 0 aromatic carbocycles. The Kier molecular flexibility index (Phi) is 4.71. The zero-order valence-electron chi connectivity index (χ0n) is 13.9. The highest BCUT2D eigenvalue weighted by Gasteiger charge is 2.16. The molecule has 0 fully saturated rings. The molecule has 0 unspecified atom stereocenters. The third-order valence-corrected chi connectivity index (χ3v) is 7.37. The molecule has 4 nitrogen and oxygen atoms in total. The van der Waals surface area contributed by atoms with Gasteiger partial charge < -0.3 is 9.40 Å². The fourth-order valence-electron chi connectivity index (χ4n) is 2.64. The quantitative estimate of drug-likeness (QED) is 0.300. The van der Waals surface area contributed by atoms with Crippen LogP contribution in [0.25, 0.3) is 31.9 Å². The van der Waals surface area contributed by atoms with Gasteiger partial charge in [0.05, 0.1) is 26.0 Å². The van der Waals surface area contributed by atoms with Crippen LogP contribution in [-0.2, 0) is 5.75 Å². The van der Waals surface area contributed by atoms with E-state index in [4.69, 9.17) is 9.40 Å².